The Morgan fingerprint density at radius 3 is 2.25 bits per heavy atom. The number of rotatable bonds is 2. The van der Waals surface area contributed by atoms with E-state index >= 15 is 0 Å². The van der Waals surface area contributed by atoms with Crippen LogP contribution in [0.5, 0.6) is 0 Å². The summed E-state index contributed by atoms with van der Waals surface area (Å²) in [5.41, 5.74) is -0.198. The maximum absolute atomic E-state index is 13.6. The maximum Gasteiger partial charge on any atom is 0.200 e. The lowest BCUT2D eigenvalue weighted by Gasteiger charge is -2.30. The molecule has 0 N–H and O–H groups in total. The summed E-state index contributed by atoms with van der Waals surface area (Å²) in [4.78, 5) is 13.6. The number of epoxide rings is 1. The number of carbonyl (C=O) groups excluding carboxylic acids is 1. The highest BCUT2D eigenvalue weighted by Crippen LogP contribution is 2.64. The van der Waals surface area contributed by atoms with Crippen molar-refractivity contribution in [3.63, 3.8) is 0 Å². The van der Waals surface area contributed by atoms with Crippen molar-refractivity contribution in [3.05, 3.63) is 101 Å². The van der Waals surface area contributed by atoms with Crippen LogP contribution in [0.3, 0.4) is 0 Å². The second-order valence-corrected chi connectivity index (χ2v) is 9.38. The molecule has 4 nitrogen and oxygen atoms in total. The van der Waals surface area contributed by atoms with Gasteiger partial charge in [-0.2, -0.15) is 0 Å². The highest BCUT2D eigenvalue weighted by Gasteiger charge is 2.73. The fourth-order valence-corrected chi connectivity index (χ4v) is 6.65. The molecule has 2 aliphatic rings. The Hall–Kier alpha value is -2.47. The second kappa shape index (κ2) is 6.01. The van der Waals surface area contributed by atoms with E-state index in [4.69, 9.17) is 16.3 Å². The monoisotopic (exact) mass is 410 g/mol. The Labute approximate surface area is 167 Å². The van der Waals surface area contributed by atoms with Gasteiger partial charge in [0.25, 0.3) is 0 Å². The number of hydrogen-bond acceptors (Lipinski definition) is 4. The molecule has 0 aliphatic carbocycles. The largest absolute Gasteiger partial charge is 0.350 e. The van der Waals surface area contributed by atoms with Crippen LogP contribution in [0, 0.1) is 0 Å². The first-order valence-electron chi connectivity index (χ1n) is 8.83. The number of sulfone groups is 1. The zero-order chi connectivity index (χ0) is 19.5. The van der Waals surface area contributed by atoms with E-state index in [9.17, 15) is 13.2 Å². The first-order valence-corrected chi connectivity index (χ1v) is 10.8. The van der Waals surface area contributed by atoms with Gasteiger partial charge in [0.05, 0.1) is 4.90 Å². The fourth-order valence-electron chi connectivity index (χ4n) is 4.16. The summed E-state index contributed by atoms with van der Waals surface area (Å²) in [6, 6.07) is 22.1. The van der Waals surface area contributed by atoms with Crippen molar-refractivity contribution in [1.82, 2.24) is 0 Å². The molecular formula is C22H15ClO4S. The first kappa shape index (κ1) is 17.6. The quantitative estimate of drug-likeness (QED) is 0.581. The van der Waals surface area contributed by atoms with Gasteiger partial charge in [-0.05, 0) is 23.8 Å². The van der Waals surface area contributed by atoms with Gasteiger partial charge < -0.3 is 4.74 Å². The molecule has 0 unspecified atom stereocenters. The third-order valence-corrected chi connectivity index (χ3v) is 7.98. The number of carbonyl (C=O) groups is 1. The van der Waals surface area contributed by atoms with E-state index in [0.29, 0.717) is 16.1 Å². The Morgan fingerprint density at radius 2 is 1.50 bits per heavy atom. The molecule has 1 fully saturated rings. The molecule has 0 radical (unpaired) electrons. The van der Waals surface area contributed by atoms with Crippen molar-refractivity contribution in [2.24, 2.45) is 0 Å². The number of benzene rings is 3. The summed E-state index contributed by atoms with van der Waals surface area (Å²) in [6.45, 7) is 0. The van der Waals surface area contributed by atoms with Crippen molar-refractivity contribution in [2.45, 2.75) is 21.9 Å². The summed E-state index contributed by atoms with van der Waals surface area (Å²) in [5.74, 6) is -0.323. The molecule has 5 rings (SSSR count). The summed E-state index contributed by atoms with van der Waals surface area (Å²) < 4.78 is 33.2. The molecule has 0 saturated carbocycles. The van der Waals surface area contributed by atoms with Crippen LogP contribution in [0.15, 0.2) is 83.8 Å². The smallest absolute Gasteiger partial charge is 0.200 e. The minimum atomic E-state index is -3.86. The molecule has 2 aliphatic heterocycles. The molecule has 1 spiro atoms. The van der Waals surface area contributed by atoms with Gasteiger partial charge in [0, 0.05) is 16.1 Å². The fraction of sp³-hybridized carbons (Fsp3) is 0.136. The van der Waals surface area contributed by atoms with Crippen LogP contribution in [-0.4, -0.2) is 19.8 Å². The Bertz CT molecular complexity index is 1210. The van der Waals surface area contributed by atoms with Crippen molar-refractivity contribution >= 4 is 27.2 Å². The molecule has 0 amide bonds. The molecule has 6 heteroatoms. The third kappa shape index (κ3) is 2.27. The zero-order valence-electron chi connectivity index (χ0n) is 14.6. The van der Waals surface area contributed by atoms with Gasteiger partial charge >= 0.3 is 0 Å². The SMILES string of the molecule is O=C1c2ccccc2S(=O)(=O)[C@@H](c2ccccc2)[C@@]12O[C@@H]2c1ccccc1Cl. The van der Waals surface area contributed by atoms with Crippen LogP contribution in [0.2, 0.25) is 5.02 Å². The molecule has 3 aromatic carbocycles. The minimum Gasteiger partial charge on any atom is -0.350 e. The van der Waals surface area contributed by atoms with Crippen molar-refractivity contribution < 1.29 is 17.9 Å². The molecule has 1 saturated heterocycles. The van der Waals surface area contributed by atoms with Gasteiger partial charge in [0.2, 0.25) is 5.78 Å². The van der Waals surface area contributed by atoms with Gasteiger partial charge in [-0.3, -0.25) is 4.79 Å². The lowest BCUT2D eigenvalue weighted by Crippen LogP contribution is -2.42. The average molecular weight is 411 g/mol. The molecule has 28 heavy (non-hydrogen) atoms. The van der Waals surface area contributed by atoms with Gasteiger partial charge in [0.1, 0.15) is 11.4 Å². The van der Waals surface area contributed by atoms with Crippen LogP contribution in [-0.2, 0) is 14.6 Å². The molecule has 0 aromatic heterocycles. The topological polar surface area (TPSA) is 63.7 Å². The van der Waals surface area contributed by atoms with E-state index in [2.05, 4.69) is 0 Å². The Balaban J connectivity index is 1.78. The van der Waals surface area contributed by atoms with Gasteiger partial charge in [0.15, 0.2) is 15.4 Å². The molecule has 3 atom stereocenters. The standard InChI is InChI=1S/C22H15ClO4S/c23-17-12-6-4-10-15(17)20-22(27-20)19(24)16-11-5-7-13-18(16)28(25,26)21(22)14-8-2-1-3-9-14/h1-13,20-21H/t20-,21+,22-/m1/s1. The zero-order valence-corrected chi connectivity index (χ0v) is 16.2. The van der Waals surface area contributed by atoms with E-state index in [1.807, 2.05) is 0 Å². The summed E-state index contributed by atoms with van der Waals surface area (Å²) in [7, 11) is -3.86. The van der Waals surface area contributed by atoms with Gasteiger partial charge in [-0.1, -0.05) is 72.3 Å². The lowest BCUT2D eigenvalue weighted by atomic mass is 9.85. The van der Waals surface area contributed by atoms with Gasteiger partial charge in [-0.15, -0.1) is 0 Å². The maximum atomic E-state index is 13.6. The molecule has 2 heterocycles. The average Bonchev–Trinajstić information content (AvgIpc) is 3.43. The van der Waals surface area contributed by atoms with Gasteiger partial charge in [-0.25, -0.2) is 8.42 Å². The summed E-state index contributed by atoms with van der Waals surface area (Å²) in [5, 5.41) is -0.690. The third-order valence-electron chi connectivity index (χ3n) is 5.43. The predicted octanol–water partition coefficient (Wildman–Crippen LogP) is 4.56. The molecule has 0 bridgehead atoms. The number of hydrogen-bond donors (Lipinski definition) is 0. The van der Waals surface area contributed by atoms with Crippen LogP contribution in [0.1, 0.15) is 32.8 Å². The Kier molecular flexibility index (Phi) is 3.78. The van der Waals surface area contributed by atoms with E-state index in [0.717, 1.165) is 0 Å². The number of fused-ring (bicyclic) bond motifs is 1. The van der Waals surface area contributed by atoms with Crippen LogP contribution < -0.4 is 0 Å². The second-order valence-electron chi connectivity index (χ2n) is 6.97. The molecule has 140 valence electrons. The Morgan fingerprint density at radius 1 is 0.857 bits per heavy atom. The number of Topliss-reactive ketones (excluding diaryl/α,β-unsaturated/α-hetero) is 1. The normalized spacial score (nSPS) is 27.4. The van der Waals surface area contributed by atoms with E-state index < -0.39 is 26.8 Å². The van der Waals surface area contributed by atoms with Crippen molar-refractivity contribution in [2.75, 3.05) is 0 Å². The minimum absolute atomic E-state index is 0.0490. The van der Waals surface area contributed by atoms with E-state index in [-0.39, 0.29) is 16.2 Å². The molecular weight excluding hydrogens is 396 g/mol. The van der Waals surface area contributed by atoms with E-state index in [1.54, 1.807) is 72.8 Å². The first-order chi connectivity index (χ1) is 13.5. The van der Waals surface area contributed by atoms with E-state index in [1.165, 1.54) is 6.07 Å². The lowest BCUT2D eigenvalue weighted by molar-refractivity contribution is 0.0856. The van der Waals surface area contributed by atoms with Crippen LogP contribution in [0.25, 0.3) is 0 Å². The summed E-state index contributed by atoms with van der Waals surface area (Å²) >= 11 is 6.33. The highest BCUT2D eigenvalue weighted by molar-refractivity contribution is 7.92. The highest BCUT2D eigenvalue weighted by atomic mass is 35.5. The number of ketones is 1. The summed E-state index contributed by atoms with van der Waals surface area (Å²) in [6.07, 6.45) is -0.720. The molecule has 3 aromatic rings. The number of ether oxygens (including phenoxy) is 1. The van der Waals surface area contributed by atoms with Crippen LogP contribution >= 0.6 is 11.6 Å². The van der Waals surface area contributed by atoms with Crippen LogP contribution in [0.4, 0.5) is 0 Å². The van der Waals surface area contributed by atoms with Crippen molar-refractivity contribution in [3.8, 4) is 0 Å². The van der Waals surface area contributed by atoms with Crippen molar-refractivity contribution in [1.29, 1.82) is 0 Å². The number of halogens is 1. The predicted molar refractivity (Wildman–Crippen MR) is 105 cm³/mol.